The van der Waals surface area contributed by atoms with Gasteiger partial charge in [-0.05, 0) is 0 Å². The Morgan fingerprint density at radius 2 is 2.18 bits per heavy atom. The van der Waals surface area contributed by atoms with Crippen molar-refractivity contribution in [3.63, 3.8) is 0 Å². The van der Waals surface area contributed by atoms with Crippen LogP contribution in [0.1, 0.15) is 0 Å². The largest absolute Gasteiger partial charge is 0.382 e. The third kappa shape index (κ3) is 1.22. The summed E-state index contributed by atoms with van der Waals surface area (Å²) in [5.74, 6) is -0.236. The summed E-state index contributed by atoms with van der Waals surface area (Å²) >= 11 is 0. The molecule has 0 saturated carbocycles. The van der Waals surface area contributed by atoms with Crippen LogP contribution in [-0.2, 0) is 0 Å². The summed E-state index contributed by atoms with van der Waals surface area (Å²) in [5, 5.41) is 8.36. The van der Waals surface area contributed by atoms with Gasteiger partial charge in [0.05, 0.1) is 0 Å². The van der Waals surface area contributed by atoms with Crippen LogP contribution in [0.2, 0.25) is 0 Å². The lowest BCUT2D eigenvalue weighted by molar-refractivity contribution is 0.388. The highest BCUT2D eigenvalue weighted by molar-refractivity contribution is 5.59. The quantitative estimate of drug-likeness (QED) is 0.323. The topological polar surface area (TPSA) is 130 Å². The second kappa shape index (κ2) is 2.46. The molecular weight excluding hydrogens is 150 g/mol. The molecule has 7 heteroatoms. The molecule has 0 bridgehead atoms. The monoisotopic (exact) mass is 157 g/mol. The molecule has 0 aliphatic rings. The number of anilines is 3. The number of nitrogens with one attached hydrogen (secondary N) is 2. The Balaban J connectivity index is 3.37. The maximum absolute atomic E-state index is 10.8. The van der Waals surface area contributed by atoms with Crippen molar-refractivity contribution in [1.29, 1.82) is 0 Å². The first-order valence-corrected chi connectivity index (χ1v) is 2.70. The highest BCUT2D eigenvalue weighted by Gasteiger charge is 2.04. The predicted octanol–water partition coefficient (Wildman–Crippen LogP) is -1.26. The van der Waals surface area contributed by atoms with Crippen LogP contribution >= 0.6 is 0 Å². The molecule has 1 aromatic heterocycles. The van der Waals surface area contributed by atoms with Gasteiger partial charge in [-0.1, -0.05) is 0 Å². The third-order valence-electron chi connectivity index (χ3n) is 1.08. The van der Waals surface area contributed by atoms with Crippen molar-refractivity contribution in [3.05, 3.63) is 10.4 Å². The van der Waals surface area contributed by atoms with E-state index < -0.39 is 5.56 Å². The van der Waals surface area contributed by atoms with Gasteiger partial charge in [-0.2, -0.15) is 4.98 Å². The van der Waals surface area contributed by atoms with E-state index in [0.717, 1.165) is 0 Å². The van der Waals surface area contributed by atoms with Crippen molar-refractivity contribution >= 4 is 17.5 Å². The van der Waals surface area contributed by atoms with Crippen molar-refractivity contribution in [3.8, 4) is 0 Å². The average Bonchev–Trinajstić information content (AvgIpc) is 1.85. The third-order valence-corrected chi connectivity index (χ3v) is 1.08. The smallest absolute Gasteiger partial charge is 0.280 e. The number of rotatable bonds is 1. The van der Waals surface area contributed by atoms with E-state index in [1.165, 1.54) is 0 Å². The van der Waals surface area contributed by atoms with E-state index in [4.69, 9.17) is 16.7 Å². The molecule has 1 rings (SSSR count). The number of aromatic nitrogens is 2. The first kappa shape index (κ1) is 7.35. The first-order valence-electron chi connectivity index (χ1n) is 2.70. The van der Waals surface area contributed by atoms with Crippen LogP contribution in [0.3, 0.4) is 0 Å². The number of nitrogen functional groups attached to an aromatic ring is 2. The molecule has 0 unspecified atom stereocenters. The Morgan fingerprint density at radius 1 is 1.55 bits per heavy atom. The van der Waals surface area contributed by atoms with Gasteiger partial charge in [0.1, 0.15) is 0 Å². The Hall–Kier alpha value is -1.76. The summed E-state index contributed by atoms with van der Waals surface area (Å²) in [6.07, 6.45) is 0. The standard InChI is InChI=1S/C4H7N5O2/c5-2-1(9-11)3(10)8-4(6)7-2/h9,11H,(H5,5,6,7,8,10). The molecule has 1 heterocycles. The van der Waals surface area contributed by atoms with E-state index in [1.54, 1.807) is 5.48 Å². The van der Waals surface area contributed by atoms with Crippen LogP contribution < -0.4 is 22.5 Å². The fraction of sp³-hybridized carbons (Fsp3) is 0. The molecule has 0 saturated heterocycles. The molecule has 0 fully saturated rings. The zero-order valence-corrected chi connectivity index (χ0v) is 5.46. The summed E-state index contributed by atoms with van der Waals surface area (Å²) in [6, 6.07) is 0. The van der Waals surface area contributed by atoms with Crippen LogP contribution in [0.4, 0.5) is 17.5 Å². The maximum Gasteiger partial charge on any atom is 0.280 e. The van der Waals surface area contributed by atoms with Crippen LogP contribution in [0, 0.1) is 0 Å². The summed E-state index contributed by atoms with van der Waals surface area (Å²) < 4.78 is 0. The van der Waals surface area contributed by atoms with Crippen molar-refractivity contribution in [1.82, 2.24) is 9.97 Å². The van der Waals surface area contributed by atoms with Crippen LogP contribution in [-0.4, -0.2) is 15.2 Å². The zero-order valence-electron chi connectivity index (χ0n) is 5.46. The highest BCUT2D eigenvalue weighted by Crippen LogP contribution is 2.07. The van der Waals surface area contributed by atoms with E-state index in [-0.39, 0.29) is 17.5 Å². The number of nitrogens with zero attached hydrogens (tertiary/aromatic N) is 1. The molecule has 0 radical (unpaired) electrons. The molecule has 0 amide bonds. The molecule has 7 nitrogen and oxygen atoms in total. The van der Waals surface area contributed by atoms with E-state index in [9.17, 15) is 4.79 Å². The SMILES string of the molecule is Nc1nc(N)c(NO)c(=O)[nH]1. The van der Waals surface area contributed by atoms with Crippen molar-refractivity contribution in [2.75, 3.05) is 16.9 Å². The molecule has 1 aromatic rings. The molecule has 7 N–H and O–H groups in total. The lowest BCUT2D eigenvalue weighted by atomic mass is 10.5. The van der Waals surface area contributed by atoms with Gasteiger partial charge in [0.15, 0.2) is 11.5 Å². The summed E-state index contributed by atoms with van der Waals surface area (Å²) in [6.45, 7) is 0. The number of aromatic amines is 1. The molecule has 0 atom stereocenters. The summed E-state index contributed by atoms with van der Waals surface area (Å²) in [7, 11) is 0. The fourth-order valence-corrected chi connectivity index (χ4v) is 0.617. The fourth-order valence-electron chi connectivity index (χ4n) is 0.617. The van der Waals surface area contributed by atoms with Gasteiger partial charge in [-0.25, -0.2) is 0 Å². The van der Waals surface area contributed by atoms with Gasteiger partial charge in [0, 0.05) is 0 Å². The number of H-pyrrole nitrogens is 1. The summed E-state index contributed by atoms with van der Waals surface area (Å²) in [5.41, 5.74) is 11.1. The number of hydrogen-bond acceptors (Lipinski definition) is 6. The van der Waals surface area contributed by atoms with Crippen LogP contribution in [0.5, 0.6) is 0 Å². The Morgan fingerprint density at radius 3 is 2.64 bits per heavy atom. The Kier molecular flexibility index (Phi) is 1.65. The molecule has 0 aliphatic heterocycles. The minimum absolute atomic E-state index is 0.0912. The van der Waals surface area contributed by atoms with Crippen LogP contribution in [0.25, 0.3) is 0 Å². The molecule has 0 aromatic carbocycles. The van der Waals surface area contributed by atoms with E-state index >= 15 is 0 Å². The second-order valence-electron chi connectivity index (χ2n) is 1.82. The summed E-state index contributed by atoms with van der Waals surface area (Å²) in [4.78, 5) is 16.4. The molecule has 11 heavy (non-hydrogen) atoms. The van der Waals surface area contributed by atoms with Crippen molar-refractivity contribution < 1.29 is 5.21 Å². The Bertz CT molecular complexity index is 319. The Labute approximate surface area is 61.0 Å². The van der Waals surface area contributed by atoms with Gasteiger partial charge >= 0.3 is 0 Å². The minimum atomic E-state index is -0.613. The van der Waals surface area contributed by atoms with E-state index in [0.29, 0.717) is 0 Å². The van der Waals surface area contributed by atoms with Crippen LogP contribution in [0.15, 0.2) is 4.79 Å². The number of nitrogens with two attached hydrogens (primary N) is 2. The van der Waals surface area contributed by atoms with Crippen molar-refractivity contribution in [2.24, 2.45) is 0 Å². The van der Waals surface area contributed by atoms with E-state index in [1.807, 2.05) is 0 Å². The highest BCUT2D eigenvalue weighted by atomic mass is 16.5. The number of hydrogen-bond donors (Lipinski definition) is 5. The van der Waals surface area contributed by atoms with Gasteiger partial charge in [-0.15, -0.1) is 0 Å². The van der Waals surface area contributed by atoms with Crippen molar-refractivity contribution in [2.45, 2.75) is 0 Å². The van der Waals surface area contributed by atoms with Gasteiger partial charge in [-0.3, -0.25) is 20.5 Å². The normalized spacial score (nSPS) is 9.55. The lowest BCUT2D eigenvalue weighted by Gasteiger charge is -2.00. The minimum Gasteiger partial charge on any atom is -0.382 e. The molecular formula is C4H7N5O2. The average molecular weight is 157 g/mol. The van der Waals surface area contributed by atoms with E-state index in [2.05, 4.69) is 9.97 Å². The zero-order chi connectivity index (χ0) is 8.43. The van der Waals surface area contributed by atoms with Gasteiger partial charge in [0.25, 0.3) is 5.56 Å². The van der Waals surface area contributed by atoms with Gasteiger partial charge < -0.3 is 11.5 Å². The molecule has 60 valence electrons. The lowest BCUT2D eigenvalue weighted by Crippen LogP contribution is -2.17. The molecule has 0 aliphatic carbocycles. The van der Waals surface area contributed by atoms with Gasteiger partial charge in [0.2, 0.25) is 5.95 Å². The first-order chi connectivity index (χ1) is 5.15. The second-order valence-corrected chi connectivity index (χ2v) is 1.82. The molecule has 0 spiro atoms. The maximum atomic E-state index is 10.8. The predicted molar refractivity (Wildman–Crippen MR) is 39.1 cm³/mol.